The van der Waals surface area contributed by atoms with Gasteiger partial charge < -0.3 is 15.5 Å². The first-order valence-corrected chi connectivity index (χ1v) is 11.9. The Morgan fingerprint density at radius 3 is 2.65 bits per heavy atom. The van der Waals surface area contributed by atoms with Gasteiger partial charge in [-0.1, -0.05) is 12.1 Å². The van der Waals surface area contributed by atoms with Crippen LogP contribution >= 0.6 is 35.3 Å². The van der Waals surface area contributed by atoms with Crippen molar-refractivity contribution < 1.29 is 4.79 Å². The average molecular weight is 554 g/mol. The first-order valence-electron chi connectivity index (χ1n) is 11.0. The van der Waals surface area contributed by atoms with E-state index in [1.165, 1.54) is 40.4 Å². The van der Waals surface area contributed by atoms with Gasteiger partial charge in [-0.3, -0.25) is 9.79 Å². The van der Waals surface area contributed by atoms with Crippen LogP contribution in [0.15, 0.2) is 29.3 Å². The van der Waals surface area contributed by atoms with Gasteiger partial charge in [-0.05, 0) is 56.2 Å². The van der Waals surface area contributed by atoms with Gasteiger partial charge in [-0.2, -0.15) is 0 Å². The summed E-state index contributed by atoms with van der Waals surface area (Å²) >= 11 is 1.91. The molecular weight excluding hydrogens is 521 g/mol. The molecule has 8 heteroatoms. The second-order valence-corrected chi connectivity index (χ2v) is 9.12. The third-order valence-electron chi connectivity index (χ3n) is 5.75. The van der Waals surface area contributed by atoms with Gasteiger partial charge in [0.15, 0.2) is 5.96 Å². The SMILES string of the molecule is CN=C(NCCCc1nc2c(s1)CCCC2)NCc1ccc(N2CCCC2=O)cc1.I. The summed E-state index contributed by atoms with van der Waals surface area (Å²) in [6, 6.07) is 8.21. The maximum absolute atomic E-state index is 11.9. The zero-order chi connectivity index (χ0) is 20.8. The summed E-state index contributed by atoms with van der Waals surface area (Å²) in [5.41, 5.74) is 3.51. The van der Waals surface area contributed by atoms with Crippen molar-refractivity contribution in [2.24, 2.45) is 4.99 Å². The Labute approximate surface area is 206 Å². The van der Waals surface area contributed by atoms with Crippen LogP contribution in [0.4, 0.5) is 5.69 Å². The molecule has 2 aliphatic rings. The summed E-state index contributed by atoms with van der Waals surface area (Å²) in [7, 11) is 1.80. The number of thiazole rings is 1. The number of carbonyl (C=O) groups excluding carboxylic acids is 1. The van der Waals surface area contributed by atoms with E-state index in [4.69, 9.17) is 4.98 Å². The molecule has 1 aliphatic carbocycles. The number of nitrogens with zero attached hydrogens (tertiary/aromatic N) is 3. The fourth-order valence-corrected chi connectivity index (χ4v) is 5.28. The number of aliphatic imine (C=N–C) groups is 1. The maximum Gasteiger partial charge on any atom is 0.227 e. The zero-order valence-corrected chi connectivity index (χ0v) is 21.3. The Morgan fingerprint density at radius 2 is 1.94 bits per heavy atom. The fourth-order valence-electron chi connectivity index (χ4n) is 4.08. The number of halogens is 1. The molecule has 0 atom stereocenters. The Balaban J connectivity index is 0.00000272. The Kier molecular flexibility index (Phi) is 9.13. The van der Waals surface area contributed by atoms with E-state index in [-0.39, 0.29) is 29.9 Å². The Hall–Kier alpha value is -1.68. The van der Waals surface area contributed by atoms with Crippen LogP contribution in [-0.2, 0) is 30.6 Å². The minimum atomic E-state index is 0. The van der Waals surface area contributed by atoms with Gasteiger partial charge in [0, 0.05) is 50.1 Å². The lowest BCUT2D eigenvalue weighted by Gasteiger charge is -2.16. The standard InChI is InChI=1S/C23H31N5OS.HI/c1-24-23(25-14-4-8-21-27-19-6-2-3-7-20(19)30-21)26-16-17-10-12-18(13-11-17)28-15-5-9-22(28)29;/h10-13H,2-9,14-16H2,1H3,(H2,24,25,26);1H. The lowest BCUT2D eigenvalue weighted by molar-refractivity contribution is -0.117. The smallest absolute Gasteiger partial charge is 0.227 e. The molecule has 1 aromatic carbocycles. The van der Waals surface area contributed by atoms with Crippen molar-refractivity contribution in [2.45, 2.75) is 57.9 Å². The van der Waals surface area contributed by atoms with Crippen molar-refractivity contribution in [3.8, 4) is 0 Å². The van der Waals surface area contributed by atoms with Crippen molar-refractivity contribution in [3.05, 3.63) is 45.4 Å². The van der Waals surface area contributed by atoms with Crippen molar-refractivity contribution in [1.82, 2.24) is 15.6 Å². The van der Waals surface area contributed by atoms with E-state index in [2.05, 4.69) is 27.8 Å². The molecule has 1 aliphatic heterocycles. The van der Waals surface area contributed by atoms with E-state index in [1.807, 2.05) is 28.4 Å². The number of carbonyl (C=O) groups is 1. The van der Waals surface area contributed by atoms with Crippen LogP contribution in [0.25, 0.3) is 0 Å². The molecule has 168 valence electrons. The number of guanidine groups is 1. The summed E-state index contributed by atoms with van der Waals surface area (Å²) in [4.78, 5) is 24.4. The number of hydrogen-bond acceptors (Lipinski definition) is 4. The predicted octanol–water partition coefficient (Wildman–Crippen LogP) is 4.06. The molecule has 0 saturated carbocycles. The van der Waals surface area contributed by atoms with Gasteiger partial charge in [-0.25, -0.2) is 4.98 Å². The van der Waals surface area contributed by atoms with E-state index in [0.29, 0.717) is 13.0 Å². The summed E-state index contributed by atoms with van der Waals surface area (Å²) in [6.07, 6.45) is 8.68. The van der Waals surface area contributed by atoms with Gasteiger partial charge in [-0.15, -0.1) is 35.3 Å². The van der Waals surface area contributed by atoms with Crippen molar-refractivity contribution in [1.29, 1.82) is 0 Å². The molecule has 1 aromatic heterocycles. The lowest BCUT2D eigenvalue weighted by Crippen LogP contribution is -2.37. The van der Waals surface area contributed by atoms with Gasteiger partial charge in [0.05, 0.1) is 10.7 Å². The highest BCUT2D eigenvalue weighted by Gasteiger charge is 2.21. The average Bonchev–Trinajstić information content (AvgIpc) is 3.39. The Bertz CT molecular complexity index is 872. The summed E-state index contributed by atoms with van der Waals surface area (Å²) < 4.78 is 0. The van der Waals surface area contributed by atoms with Crippen LogP contribution in [0.3, 0.4) is 0 Å². The fraction of sp³-hybridized carbons (Fsp3) is 0.522. The molecule has 1 amide bonds. The first-order chi connectivity index (χ1) is 14.7. The van der Waals surface area contributed by atoms with E-state index in [0.717, 1.165) is 50.4 Å². The molecule has 1 fully saturated rings. The molecule has 0 bridgehead atoms. The number of fused-ring (bicyclic) bond motifs is 1. The molecule has 2 aromatic rings. The number of hydrogen-bond donors (Lipinski definition) is 2. The number of amides is 1. The first kappa shape index (κ1) is 24.0. The summed E-state index contributed by atoms with van der Waals surface area (Å²) in [6.45, 7) is 2.41. The highest BCUT2D eigenvalue weighted by Crippen LogP contribution is 2.27. The van der Waals surface area contributed by atoms with Crippen LogP contribution in [0.2, 0.25) is 0 Å². The second-order valence-electron chi connectivity index (χ2n) is 7.96. The van der Waals surface area contributed by atoms with Gasteiger partial charge in [0.25, 0.3) is 0 Å². The van der Waals surface area contributed by atoms with Crippen LogP contribution in [0.5, 0.6) is 0 Å². The normalized spacial score (nSPS) is 16.1. The van der Waals surface area contributed by atoms with Gasteiger partial charge in [0.2, 0.25) is 5.91 Å². The number of anilines is 1. The van der Waals surface area contributed by atoms with Gasteiger partial charge >= 0.3 is 0 Å². The van der Waals surface area contributed by atoms with Crippen LogP contribution in [0.1, 0.15) is 53.2 Å². The van der Waals surface area contributed by atoms with Gasteiger partial charge in [0.1, 0.15) is 0 Å². The largest absolute Gasteiger partial charge is 0.356 e. The van der Waals surface area contributed by atoms with E-state index >= 15 is 0 Å². The molecule has 4 rings (SSSR count). The number of aryl methyl sites for hydroxylation is 3. The molecule has 31 heavy (non-hydrogen) atoms. The molecule has 2 N–H and O–H groups in total. The van der Waals surface area contributed by atoms with E-state index in [9.17, 15) is 4.79 Å². The molecule has 1 saturated heterocycles. The number of aromatic nitrogens is 1. The third-order valence-corrected chi connectivity index (χ3v) is 6.97. The molecule has 0 unspecified atom stereocenters. The minimum Gasteiger partial charge on any atom is -0.356 e. The topological polar surface area (TPSA) is 69.6 Å². The van der Waals surface area contributed by atoms with E-state index < -0.39 is 0 Å². The highest BCUT2D eigenvalue weighted by atomic mass is 127. The maximum atomic E-state index is 11.9. The van der Waals surface area contributed by atoms with Crippen molar-refractivity contribution in [2.75, 3.05) is 25.0 Å². The third kappa shape index (κ3) is 6.41. The predicted molar refractivity (Wildman–Crippen MR) is 139 cm³/mol. The van der Waals surface area contributed by atoms with Crippen molar-refractivity contribution >= 4 is 52.9 Å². The number of nitrogens with one attached hydrogen (secondary N) is 2. The molecule has 2 heterocycles. The summed E-state index contributed by atoms with van der Waals surface area (Å²) in [5, 5.41) is 8.04. The van der Waals surface area contributed by atoms with Crippen LogP contribution in [0, 0.1) is 0 Å². The highest BCUT2D eigenvalue weighted by molar-refractivity contribution is 14.0. The monoisotopic (exact) mass is 553 g/mol. The van der Waals surface area contributed by atoms with Crippen LogP contribution in [-0.4, -0.2) is 37.0 Å². The second kappa shape index (κ2) is 11.8. The lowest BCUT2D eigenvalue weighted by atomic mass is 10.0. The zero-order valence-electron chi connectivity index (χ0n) is 18.2. The quantitative estimate of drug-likeness (QED) is 0.235. The molecule has 6 nitrogen and oxygen atoms in total. The molecule has 0 spiro atoms. The Morgan fingerprint density at radius 1 is 1.13 bits per heavy atom. The van der Waals surface area contributed by atoms with E-state index in [1.54, 1.807) is 7.05 Å². The summed E-state index contributed by atoms with van der Waals surface area (Å²) in [5.74, 6) is 1.04. The molecular formula is C23H32IN5OS. The molecule has 0 radical (unpaired) electrons. The number of rotatable bonds is 7. The number of benzene rings is 1. The minimum absolute atomic E-state index is 0. The van der Waals surface area contributed by atoms with Crippen LogP contribution < -0.4 is 15.5 Å². The van der Waals surface area contributed by atoms with Crippen molar-refractivity contribution in [3.63, 3.8) is 0 Å².